The zero-order valence-corrected chi connectivity index (χ0v) is 14.6. The first-order chi connectivity index (χ1) is 10.9. The lowest BCUT2D eigenvalue weighted by molar-refractivity contribution is -0.133. The topological polar surface area (TPSA) is 60.4 Å². The minimum absolute atomic E-state index is 0.250. The number of esters is 1. The first-order valence-corrected chi connectivity index (χ1v) is 9.91. The van der Waals surface area contributed by atoms with Crippen LogP contribution >= 0.6 is 0 Å². The molecule has 2 rings (SSSR count). The van der Waals surface area contributed by atoms with Crippen LogP contribution in [0.1, 0.15) is 44.1 Å². The Balaban J connectivity index is 2.32. The Morgan fingerprint density at radius 1 is 1.09 bits per heavy atom. The van der Waals surface area contributed by atoms with Crippen molar-refractivity contribution < 1.29 is 17.9 Å². The van der Waals surface area contributed by atoms with Gasteiger partial charge in [0.1, 0.15) is 0 Å². The third kappa shape index (κ3) is 4.93. The van der Waals surface area contributed by atoms with E-state index in [1.165, 1.54) is 51.2 Å². The monoisotopic (exact) mass is 336 g/mol. The van der Waals surface area contributed by atoms with Gasteiger partial charge in [0.15, 0.2) is 9.84 Å². The number of ether oxygens (including phenoxy) is 1. The molecule has 1 saturated carbocycles. The number of allylic oxidation sites excluding steroid dienone is 1. The lowest BCUT2D eigenvalue weighted by Gasteiger charge is -2.13. The second-order valence-corrected chi connectivity index (χ2v) is 8.14. The lowest BCUT2D eigenvalue weighted by atomic mass is 9.94. The highest BCUT2D eigenvalue weighted by molar-refractivity contribution is 7.90. The average Bonchev–Trinajstić information content (AvgIpc) is 2.80. The fourth-order valence-corrected chi connectivity index (χ4v) is 3.62. The summed E-state index contributed by atoms with van der Waals surface area (Å²) in [6, 6.07) is 6.43. The van der Waals surface area contributed by atoms with Gasteiger partial charge in [0, 0.05) is 6.26 Å². The van der Waals surface area contributed by atoms with Crippen molar-refractivity contribution in [2.45, 2.75) is 43.4 Å². The highest BCUT2D eigenvalue weighted by atomic mass is 32.2. The summed E-state index contributed by atoms with van der Waals surface area (Å²) in [5.74, 6) is 0.00235. The number of benzene rings is 1. The van der Waals surface area contributed by atoms with Gasteiger partial charge >= 0.3 is 5.97 Å². The Morgan fingerprint density at radius 3 is 2.13 bits per heavy atom. The molecule has 0 aliphatic heterocycles. The lowest BCUT2D eigenvalue weighted by Crippen LogP contribution is -2.07. The van der Waals surface area contributed by atoms with Crippen LogP contribution in [0.2, 0.25) is 0 Å². The van der Waals surface area contributed by atoms with Crippen LogP contribution in [0.4, 0.5) is 0 Å². The second kappa shape index (κ2) is 7.77. The molecule has 1 aliphatic rings. The van der Waals surface area contributed by atoms with Crippen LogP contribution in [-0.2, 0) is 19.4 Å². The number of carbonyl (C=O) groups is 1. The van der Waals surface area contributed by atoms with Crippen molar-refractivity contribution in [1.82, 2.24) is 0 Å². The van der Waals surface area contributed by atoms with Crippen molar-refractivity contribution in [1.29, 1.82) is 0 Å². The quantitative estimate of drug-likeness (QED) is 0.479. The maximum absolute atomic E-state index is 12.1. The molecule has 0 heterocycles. The van der Waals surface area contributed by atoms with Crippen LogP contribution in [0.15, 0.2) is 35.2 Å². The van der Waals surface area contributed by atoms with Gasteiger partial charge < -0.3 is 4.74 Å². The number of hydrogen-bond donors (Lipinski definition) is 0. The third-order valence-electron chi connectivity index (χ3n) is 4.30. The van der Waals surface area contributed by atoms with Gasteiger partial charge in [-0.3, -0.25) is 0 Å². The van der Waals surface area contributed by atoms with Crippen LogP contribution in [0.3, 0.4) is 0 Å². The number of methoxy groups -OCH3 is 1. The summed E-state index contributed by atoms with van der Waals surface area (Å²) in [6.45, 7) is 0. The molecule has 4 nitrogen and oxygen atoms in total. The van der Waals surface area contributed by atoms with Crippen molar-refractivity contribution in [2.24, 2.45) is 5.92 Å². The second-order valence-electron chi connectivity index (χ2n) is 6.12. The SMILES string of the molecule is COC(=O)C(=CC1CCCCCC1)c1ccc(S(C)(=O)=O)cc1. The molecule has 1 aliphatic carbocycles. The van der Waals surface area contributed by atoms with E-state index in [2.05, 4.69) is 0 Å². The summed E-state index contributed by atoms with van der Waals surface area (Å²) in [5.41, 5.74) is 1.23. The average molecular weight is 336 g/mol. The molecule has 1 aromatic rings. The molecule has 0 spiro atoms. The van der Waals surface area contributed by atoms with Gasteiger partial charge in [-0.25, -0.2) is 13.2 Å². The predicted octanol–water partition coefficient (Wildman–Crippen LogP) is 3.62. The van der Waals surface area contributed by atoms with Crippen molar-refractivity contribution in [3.05, 3.63) is 35.9 Å². The number of sulfone groups is 1. The molecule has 0 unspecified atom stereocenters. The molecular formula is C18H24O4S. The first-order valence-electron chi connectivity index (χ1n) is 8.02. The van der Waals surface area contributed by atoms with E-state index in [4.69, 9.17) is 4.74 Å². The summed E-state index contributed by atoms with van der Waals surface area (Å²) in [6.07, 6.45) is 10.2. The zero-order valence-electron chi connectivity index (χ0n) is 13.7. The van der Waals surface area contributed by atoms with E-state index in [-0.39, 0.29) is 10.9 Å². The number of rotatable bonds is 4. The predicted molar refractivity (Wildman–Crippen MR) is 90.7 cm³/mol. The van der Waals surface area contributed by atoms with Crippen molar-refractivity contribution in [3.63, 3.8) is 0 Å². The van der Waals surface area contributed by atoms with Crippen molar-refractivity contribution in [2.75, 3.05) is 13.4 Å². The maximum Gasteiger partial charge on any atom is 0.338 e. The molecule has 0 radical (unpaired) electrons. The van der Waals surface area contributed by atoms with Crippen molar-refractivity contribution in [3.8, 4) is 0 Å². The fraction of sp³-hybridized carbons (Fsp3) is 0.500. The van der Waals surface area contributed by atoms with E-state index in [1.54, 1.807) is 12.1 Å². The van der Waals surface area contributed by atoms with Crippen LogP contribution in [-0.4, -0.2) is 27.8 Å². The van der Waals surface area contributed by atoms with Gasteiger partial charge in [-0.1, -0.05) is 43.9 Å². The highest BCUT2D eigenvalue weighted by Crippen LogP contribution is 2.28. The van der Waals surface area contributed by atoms with E-state index in [0.29, 0.717) is 17.1 Å². The first kappa shape index (κ1) is 17.7. The molecule has 0 atom stereocenters. The summed E-state index contributed by atoms with van der Waals surface area (Å²) >= 11 is 0. The minimum Gasteiger partial charge on any atom is -0.465 e. The molecule has 0 amide bonds. The van der Waals surface area contributed by atoms with E-state index < -0.39 is 9.84 Å². The van der Waals surface area contributed by atoms with Crippen LogP contribution in [0.25, 0.3) is 5.57 Å². The summed E-state index contributed by atoms with van der Waals surface area (Å²) in [4.78, 5) is 12.4. The number of carbonyl (C=O) groups excluding carboxylic acids is 1. The molecule has 0 bridgehead atoms. The molecule has 0 N–H and O–H groups in total. The summed E-state index contributed by atoms with van der Waals surface area (Å²) < 4.78 is 28.0. The van der Waals surface area contributed by atoms with Crippen LogP contribution in [0, 0.1) is 5.92 Å². The van der Waals surface area contributed by atoms with E-state index in [1.807, 2.05) is 6.08 Å². The van der Waals surface area contributed by atoms with Gasteiger partial charge in [-0.05, 0) is 36.5 Å². The van der Waals surface area contributed by atoms with Gasteiger partial charge in [-0.15, -0.1) is 0 Å². The minimum atomic E-state index is -3.24. The molecule has 126 valence electrons. The van der Waals surface area contributed by atoms with E-state index in [9.17, 15) is 13.2 Å². The fourth-order valence-electron chi connectivity index (χ4n) is 2.99. The number of hydrogen-bond acceptors (Lipinski definition) is 4. The normalized spacial score (nSPS) is 17.6. The van der Waals surface area contributed by atoms with Crippen LogP contribution < -0.4 is 0 Å². The van der Waals surface area contributed by atoms with E-state index >= 15 is 0 Å². The third-order valence-corrected chi connectivity index (χ3v) is 5.43. The van der Waals surface area contributed by atoms with Gasteiger partial charge in [0.05, 0.1) is 17.6 Å². The molecule has 0 saturated heterocycles. The van der Waals surface area contributed by atoms with Crippen molar-refractivity contribution >= 4 is 21.4 Å². The molecular weight excluding hydrogens is 312 g/mol. The molecule has 23 heavy (non-hydrogen) atoms. The summed E-state index contributed by atoms with van der Waals surface area (Å²) in [7, 11) is -1.87. The molecule has 1 aromatic carbocycles. The smallest absolute Gasteiger partial charge is 0.338 e. The van der Waals surface area contributed by atoms with Gasteiger partial charge in [-0.2, -0.15) is 0 Å². The highest BCUT2D eigenvalue weighted by Gasteiger charge is 2.18. The Labute approximate surface area is 138 Å². The van der Waals surface area contributed by atoms with Gasteiger partial charge in [0.2, 0.25) is 0 Å². The Bertz CT molecular complexity index is 663. The largest absolute Gasteiger partial charge is 0.465 e. The molecule has 1 fully saturated rings. The zero-order chi connectivity index (χ0) is 16.9. The standard InChI is InChI=1S/C18H24O4S/c1-22-18(19)17(13-14-7-5-3-4-6-8-14)15-9-11-16(12-10-15)23(2,20)21/h9-14H,3-8H2,1-2H3. The Kier molecular flexibility index (Phi) is 5.99. The summed E-state index contributed by atoms with van der Waals surface area (Å²) in [5, 5.41) is 0. The molecule has 5 heteroatoms. The maximum atomic E-state index is 12.1. The van der Waals surface area contributed by atoms with E-state index in [0.717, 1.165) is 12.8 Å². The molecule has 0 aromatic heterocycles. The Morgan fingerprint density at radius 2 is 1.65 bits per heavy atom. The van der Waals surface area contributed by atoms with Crippen LogP contribution in [0.5, 0.6) is 0 Å². The van der Waals surface area contributed by atoms with Gasteiger partial charge in [0.25, 0.3) is 0 Å². The Hall–Kier alpha value is -1.62.